The molecule has 0 saturated heterocycles. The molecular formula is C21H32N8O6. The van der Waals surface area contributed by atoms with Gasteiger partial charge in [0.05, 0.1) is 12.5 Å². The van der Waals surface area contributed by atoms with E-state index in [1.807, 2.05) is 0 Å². The number of carbonyl (C=O) groups excluding carboxylic acids is 4. The summed E-state index contributed by atoms with van der Waals surface area (Å²) in [5.41, 5.74) is 22.0. The van der Waals surface area contributed by atoms with Crippen LogP contribution in [-0.4, -0.2) is 71.9 Å². The van der Waals surface area contributed by atoms with Crippen molar-refractivity contribution in [1.82, 2.24) is 16.0 Å². The normalized spacial score (nSPS) is 12.9. The predicted octanol–water partition coefficient (Wildman–Crippen LogP) is -3.34. The van der Waals surface area contributed by atoms with Crippen LogP contribution < -0.4 is 38.9 Å². The number of guanidine groups is 1. The Bertz CT molecular complexity index is 920. The third-order valence-corrected chi connectivity index (χ3v) is 4.67. The number of carbonyl (C=O) groups is 5. The van der Waals surface area contributed by atoms with Crippen molar-refractivity contribution >= 4 is 35.6 Å². The second-order valence-corrected chi connectivity index (χ2v) is 7.65. The number of aliphatic imine (C=N–C) groups is 1. The van der Waals surface area contributed by atoms with Crippen molar-refractivity contribution in [2.75, 3.05) is 13.1 Å². The molecular weight excluding hydrogens is 460 g/mol. The number of nitrogens with one attached hydrogen (secondary N) is 3. The van der Waals surface area contributed by atoms with Crippen molar-refractivity contribution in [3.63, 3.8) is 0 Å². The lowest BCUT2D eigenvalue weighted by Crippen LogP contribution is -2.57. The lowest BCUT2D eigenvalue weighted by atomic mass is 10.0. The lowest BCUT2D eigenvalue weighted by Gasteiger charge is -2.24. The molecule has 0 saturated carbocycles. The fourth-order valence-electron chi connectivity index (χ4n) is 2.98. The van der Waals surface area contributed by atoms with Gasteiger partial charge in [-0.15, -0.1) is 0 Å². The Morgan fingerprint density at radius 3 is 2.11 bits per heavy atom. The highest BCUT2D eigenvalue weighted by atomic mass is 16.4. The van der Waals surface area contributed by atoms with E-state index < -0.39 is 60.7 Å². The molecule has 0 fully saturated rings. The molecule has 0 spiro atoms. The van der Waals surface area contributed by atoms with E-state index in [0.717, 1.165) is 0 Å². The van der Waals surface area contributed by atoms with Crippen LogP contribution in [0.5, 0.6) is 0 Å². The molecule has 4 amide bonds. The minimum atomic E-state index is -1.27. The second kappa shape index (κ2) is 14.8. The first-order valence-corrected chi connectivity index (χ1v) is 10.7. The highest BCUT2D eigenvalue weighted by Crippen LogP contribution is 2.06. The summed E-state index contributed by atoms with van der Waals surface area (Å²) in [6, 6.07) is 5.19. The molecule has 14 nitrogen and oxygen atoms in total. The quantitative estimate of drug-likeness (QED) is 0.0690. The molecule has 3 unspecified atom stereocenters. The van der Waals surface area contributed by atoms with Crippen LogP contribution in [0.25, 0.3) is 0 Å². The van der Waals surface area contributed by atoms with Crippen LogP contribution in [-0.2, 0) is 30.4 Å². The van der Waals surface area contributed by atoms with E-state index in [9.17, 15) is 24.0 Å². The molecule has 1 aromatic carbocycles. The number of nitrogens with zero attached hydrogens (tertiary/aromatic N) is 1. The third kappa shape index (κ3) is 12.0. The van der Waals surface area contributed by atoms with Crippen LogP contribution in [0.1, 0.15) is 24.8 Å². The number of benzene rings is 1. The third-order valence-electron chi connectivity index (χ3n) is 4.67. The van der Waals surface area contributed by atoms with Gasteiger partial charge in [-0.05, 0) is 18.4 Å². The number of amides is 4. The minimum absolute atomic E-state index is 0.0547. The molecule has 0 aliphatic heterocycles. The maximum absolute atomic E-state index is 13.1. The number of nitrogens with two attached hydrogens (primary N) is 4. The van der Waals surface area contributed by atoms with E-state index in [1.54, 1.807) is 30.3 Å². The first kappa shape index (κ1) is 28.8. The molecule has 0 aliphatic rings. The SMILES string of the molecule is NC(=O)CC(N)C(=O)NC(Cc1ccccc1)C(=O)NC(CCCN=C(N)N)C(=O)NCC(=O)O. The van der Waals surface area contributed by atoms with E-state index in [1.165, 1.54) is 0 Å². The molecule has 192 valence electrons. The summed E-state index contributed by atoms with van der Waals surface area (Å²) >= 11 is 0. The van der Waals surface area contributed by atoms with Gasteiger partial charge >= 0.3 is 5.97 Å². The number of hydrogen-bond donors (Lipinski definition) is 8. The molecule has 0 aliphatic carbocycles. The summed E-state index contributed by atoms with van der Waals surface area (Å²) < 4.78 is 0. The smallest absolute Gasteiger partial charge is 0.322 e. The Hall–Kier alpha value is -4.20. The fourth-order valence-corrected chi connectivity index (χ4v) is 2.98. The predicted molar refractivity (Wildman–Crippen MR) is 126 cm³/mol. The summed E-state index contributed by atoms with van der Waals surface area (Å²) in [4.78, 5) is 63.8. The van der Waals surface area contributed by atoms with Gasteiger partial charge in [-0.3, -0.25) is 29.0 Å². The maximum atomic E-state index is 13.1. The van der Waals surface area contributed by atoms with Crippen molar-refractivity contribution in [1.29, 1.82) is 0 Å². The van der Waals surface area contributed by atoms with Crippen molar-refractivity contribution in [2.45, 2.75) is 43.8 Å². The van der Waals surface area contributed by atoms with Gasteiger partial charge in [0.15, 0.2) is 5.96 Å². The summed E-state index contributed by atoms with van der Waals surface area (Å²) in [5.74, 6) is -4.42. The Morgan fingerprint density at radius 2 is 1.54 bits per heavy atom. The Labute approximate surface area is 201 Å². The zero-order valence-electron chi connectivity index (χ0n) is 19.1. The van der Waals surface area contributed by atoms with Gasteiger partial charge in [0.1, 0.15) is 18.6 Å². The van der Waals surface area contributed by atoms with Gasteiger partial charge in [-0.1, -0.05) is 30.3 Å². The Balaban J connectivity index is 3.03. The van der Waals surface area contributed by atoms with Crippen molar-refractivity contribution < 1.29 is 29.1 Å². The van der Waals surface area contributed by atoms with E-state index in [-0.39, 0.29) is 25.3 Å². The van der Waals surface area contributed by atoms with Crippen molar-refractivity contribution in [2.24, 2.45) is 27.9 Å². The molecule has 0 radical (unpaired) electrons. The second-order valence-electron chi connectivity index (χ2n) is 7.65. The first-order chi connectivity index (χ1) is 16.5. The largest absolute Gasteiger partial charge is 0.480 e. The Morgan fingerprint density at radius 1 is 0.914 bits per heavy atom. The number of carboxylic acids is 1. The molecule has 12 N–H and O–H groups in total. The Kier molecular flexibility index (Phi) is 12.2. The van der Waals surface area contributed by atoms with Crippen LogP contribution in [0, 0.1) is 0 Å². The molecule has 0 bridgehead atoms. The molecule has 1 rings (SSSR count). The van der Waals surface area contributed by atoms with E-state index in [4.69, 9.17) is 28.0 Å². The average Bonchev–Trinajstić information content (AvgIpc) is 2.78. The molecule has 3 atom stereocenters. The zero-order valence-corrected chi connectivity index (χ0v) is 19.1. The van der Waals surface area contributed by atoms with Gasteiger partial charge in [-0.2, -0.15) is 0 Å². The zero-order chi connectivity index (χ0) is 26.4. The average molecular weight is 493 g/mol. The van der Waals surface area contributed by atoms with Crippen LogP contribution in [0.3, 0.4) is 0 Å². The molecule has 14 heteroatoms. The molecule has 1 aromatic rings. The van der Waals surface area contributed by atoms with Crippen LogP contribution in [0.2, 0.25) is 0 Å². The summed E-state index contributed by atoms with van der Waals surface area (Å²) in [7, 11) is 0. The minimum Gasteiger partial charge on any atom is -0.480 e. The van der Waals surface area contributed by atoms with Crippen LogP contribution in [0.4, 0.5) is 0 Å². The number of aliphatic carboxylic acids is 1. The molecule has 35 heavy (non-hydrogen) atoms. The highest BCUT2D eigenvalue weighted by molar-refractivity contribution is 5.94. The number of primary amides is 1. The van der Waals surface area contributed by atoms with Gasteiger partial charge in [0.25, 0.3) is 0 Å². The van der Waals surface area contributed by atoms with Gasteiger partial charge in [0, 0.05) is 13.0 Å². The lowest BCUT2D eigenvalue weighted by molar-refractivity contribution is -0.138. The number of hydrogen-bond acceptors (Lipinski definition) is 7. The first-order valence-electron chi connectivity index (χ1n) is 10.7. The monoisotopic (exact) mass is 492 g/mol. The van der Waals surface area contributed by atoms with Crippen molar-refractivity contribution in [3.05, 3.63) is 35.9 Å². The number of rotatable bonds is 15. The fraction of sp³-hybridized carbons (Fsp3) is 0.429. The van der Waals surface area contributed by atoms with E-state index >= 15 is 0 Å². The summed E-state index contributed by atoms with van der Waals surface area (Å²) in [6.45, 7) is -0.474. The van der Waals surface area contributed by atoms with Gasteiger partial charge < -0.3 is 44.0 Å². The van der Waals surface area contributed by atoms with E-state index in [2.05, 4.69) is 20.9 Å². The van der Waals surface area contributed by atoms with Crippen molar-refractivity contribution in [3.8, 4) is 0 Å². The highest BCUT2D eigenvalue weighted by Gasteiger charge is 2.28. The van der Waals surface area contributed by atoms with Crippen LogP contribution >= 0.6 is 0 Å². The van der Waals surface area contributed by atoms with Crippen LogP contribution in [0.15, 0.2) is 35.3 Å². The summed E-state index contributed by atoms with van der Waals surface area (Å²) in [5, 5.41) is 16.1. The number of carboxylic acid groups (broad SMARTS) is 1. The maximum Gasteiger partial charge on any atom is 0.322 e. The molecule has 0 aromatic heterocycles. The topological polar surface area (TPSA) is 258 Å². The van der Waals surface area contributed by atoms with Gasteiger partial charge in [0.2, 0.25) is 23.6 Å². The van der Waals surface area contributed by atoms with E-state index in [0.29, 0.717) is 12.0 Å². The van der Waals surface area contributed by atoms with Gasteiger partial charge in [-0.25, -0.2) is 0 Å². The summed E-state index contributed by atoms with van der Waals surface area (Å²) in [6.07, 6.45) is 0.0133. The molecule has 0 heterocycles. The standard InChI is InChI=1S/C21H32N8O6/c22-13(10-16(23)30)18(33)29-15(9-12-5-2-1-3-6-12)20(35)28-14(7-4-8-26-21(24)25)19(34)27-11-17(31)32/h1-3,5-6,13-15H,4,7-11,22H2,(H2,23,30)(H,27,34)(H,28,35)(H,29,33)(H,31,32)(H4,24,25,26).